The number of aliphatic hydroxyl groups is 1. The monoisotopic (exact) mass is 524 g/mol. The number of Topliss-reactive ketones (excluding diaryl/α,β-unsaturated/α-hetero) is 1. The number of carbonyl (C=O) groups excluding carboxylic acids is 4. The lowest BCUT2D eigenvalue weighted by atomic mass is 9.57. The van der Waals surface area contributed by atoms with Gasteiger partial charge in [0.25, 0.3) is 5.91 Å². The van der Waals surface area contributed by atoms with Crippen LogP contribution in [0, 0.1) is 5.92 Å². The van der Waals surface area contributed by atoms with Crippen LogP contribution in [0.2, 0.25) is 5.82 Å². The molecule has 0 radical (unpaired) electrons. The van der Waals surface area contributed by atoms with E-state index in [0.717, 1.165) is 5.56 Å². The Morgan fingerprint density at radius 3 is 2.47 bits per heavy atom. The lowest BCUT2D eigenvalue weighted by Crippen LogP contribution is -2.52. The zero-order valence-corrected chi connectivity index (χ0v) is 22.0. The molecule has 0 spiro atoms. The number of carbonyl (C=O) groups is 4. The van der Waals surface area contributed by atoms with Crippen molar-refractivity contribution < 1.29 is 37.9 Å². The SMILES string of the molecule is CC(C)C[C@H](CC(=O)[C@@H](NC(=O)c1cccc(-c2ccccc2)n1)[C@@H](C)O)[B-]12OC(=O)C[O+]1[C@@H](C)C(=O)O2. The van der Waals surface area contributed by atoms with Crippen molar-refractivity contribution in [3.05, 3.63) is 54.2 Å². The van der Waals surface area contributed by atoms with E-state index in [9.17, 15) is 24.3 Å². The Morgan fingerprint density at radius 2 is 1.82 bits per heavy atom. The van der Waals surface area contributed by atoms with Gasteiger partial charge in [0.1, 0.15) is 11.7 Å². The predicted octanol–water partition coefficient (Wildman–Crippen LogP) is 2.60. The molecule has 2 fully saturated rings. The molecular weight excluding hydrogens is 491 g/mol. The first-order valence-electron chi connectivity index (χ1n) is 12.8. The third-order valence-corrected chi connectivity index (χ3v) is 7.05. The molecule has 2 saturated heterocycles. The minimum Gasteiger partial charge on any atom is -0.580 e. The average molecular weight is 524 g/mol. The lowest BCUT2D eigenvalue weighted by Gasteiger charge is -2.37. The summed E-state index contributed by atoms with van der Waals surface area (Å²) in [6.07, 6.45) is -1.76. The molecule has 2 aliphatic heterocycles. The van der Waals surface area contributed by atoms with Crippen LogP contribution in [-0.2, 0) is 28.0 Å². The molecule has 2 aliphatic rings. The number of hydrogen-bond acceptors (Lipinski definition) is 8. The molecule has 4 rings (SSSR count). The van der Waals surface area contributed by atoms with E-state index >= 15 is 0 Å². The second-order valence-corrected chi connectivity index (χ2v) is 10.4. The van der Waals surface area contributed by atoms with Gasteiger partial charge in [0.05, 0.1) is 11.8 Å². The van der Waals surface area contributed by atoms with Crippen LogP contribution < -0.4 is 5.32 Å². The molecule has 0 saturated carbocycles. The summed E-state index contributed by atoms with van der Waals surface area (Å²) >= 11 is 0. The van der Waals surface area contributed by atoms with E-state index in [1.807, 2.05) is 44.2 Å². The van der Waals surface area contributed by atoms with Crippen LogP contribution in [0.5, 0.6) is 0 Å². The number of ketones is 1. The Kier molecular flexibility index (Phi) is 7.98. The van der Waals surface area contributed by atoms with Crippen molar-refractivity contribution in [2.75, 3.05) is 6.61 Å². The van der Waals surface area contributed by atoms with Gasteiger partial charge in [0.15, 0.2) is 12.4 Å². The van der Waals surface area contributed by atoms with E-state index in [1.54, 1.807) is 19.1 Å². The van der Waals surface area contributed by atoms with Crippen molar-refractivity contribution in [1.82, 2.24) is 10.3 Å². The van der Waals surface area contributed by atoms with Gasteiger partial charge in [-0.25, -0.2) is 14.6 Å². The van der Waals surface area contributed by atoms with Crippen LogP contribution in [0.3, 0.4) is 0 Å². The normalized spacial score (nSPS) is 23.4. The summed E-state index contributed by atoms with van der Waals surface area (Å²) in [6.45, 7) is 4.09. The Labute approximate surface area is 221 Å². The first kappa shape index (κ1) is 27.5. The van der Waals surface area contributed by atoms with Gasteiger partial charge in [-0.3, -0.25) is 9.59 Å². The maximum Gasteiger partial charge on any atom is 0.688 e. The molecular formula is C27H33BN2O8. The third-order valence-electron chi connectivity index (χ3n) is 7.05. The van der Waals surface area contributed by atoms with E-state index in [4.69, 9.17) is 9.31 Å². The maximum absolute atomic E-state index is 13.5. The molecule has 1 aromatic carbocycles. The average Bonchev–Trinajstić information content (AvgIpc) is 3.33. The molecule has 1 unspecified atom stereocenters. The summed E-state index contributed by atoms with van der Waals surface area (Å²) in [6, 6.07) is 13.1. The van der Waals surface area contributed by atoms with Gasteiger partial charge in [0, 0.05) is 18.3 Å². The largest absolute Gasteiger partial charge is 0.688 e. The van der Waals surface area contributed by atoms with Crippen molar-refractivity contribution in [2.45, 2.75) is 64.6 Å². The minimum atomic E-state index is -2.62. The first-order valence-corrected chi connectivity index (χ1v) is 12.8. The number of pyridine rings is 1. The molecule has 1 amide bonds. The Balaban J connectivity index is 1.55. The van der Waals surface area contributed by atoms with Gasteiger partial charge in [-0.15, -0.1) is 0 Å². The third kappa shape index (κ3) is 5.49. The van der Waals surface area contributed by atoms with Gasteiger partial charge < -0.3 is 24.0 Å². The van der Waals surface area contributed by atoms with Gasteiger partial charge in [0.2, 0.25) is 6.10 Å². The summed E-state index contributed by atoms with van der Waals surface area (Å²) in [5.74, 6) is -2.80. The Bertz CT molecular complexity index is 1220. The van der Waals surface area contributed by atoms with Crippen LogP contribution in [0.1, 0.15) is 51.0 Å². The van der Waals surface area contributed by atoms with Crippen LogP contribution >= 0.6 is 0 Å². The highest BCUT2D eigenvalue weighted by molar-refractivity contribution is 6.69. The lowest BCUT2D eigenvalue weighted by molar-refractivity contribution is -0.146. The molecule has 10 nitrogen and oxygen atoms in total. The highest BCUT2D eigenvalue weighted by atomic mass is 16.9. The maximum atomic E-state index is 13.5. The van der Waals surface area contributed by atoms with Crippen molar-refractivity contribution >= 4 is 30.4 Å². The van der Waals surface area contributed by atoms with E-state index in [-0.39, 0.29) is 24.6 Å². The fourth-order valence-electron chi connectivity index (χ4n) is 5.25. The fourth-order valence-corrected chi connectivity index (χ4v) is 5.25. The van der Waals surface area contributed by atoms with Crippen molar-refractivity contribution in [3.8, 4) is 11.3 Å². The zero-order chi connectivity index (χ0) is 27.6. The van der Waals surface area contributed by atoms with Gasteiger partial charge >= 0.3 is 18.7 Å². The van der Waals surface area contributed by atoms with Crippen LogP contribution in [0.25, 0.3) is 11.3 Å². The van der Waals surface area contributed by atoms with Crippen molar-refractivity contribution in [3.63, 3.8) is 0 Å². The van der Waals surface area contributed by atoms with E-state index in [0.29, 0.717) is 12.1 Å². The minimum absolute atomic E-state index is 0.0740. The van der Waals surface area contributed by atoms with E-state index < -0.39 is 54.5 Å². The van der Waals surface area contributed by atoms with Crippen molar-refractivity contribution in [2.24, 2.45) is 5.92 Å². The predicted molar refractivity (Wildman–Crippen MR) is 139 cm³/mol. The second kappa shape index (κ2) is 11.0. The summed E-state index contributed by atoms with van der Waals surface area (Å²) < 4.78 is 13.8. The molecule has 3 heterocycles. The number of aliphatic hydroxyl groups excluding tert-OH is 1. The first-order chi connectivity index (χ1) is 18.0. The standard InChI is InChI=1S/C27H33BN2O8/c1-16(2)13-20(28-36-24(33)15-38(28)18(4)27(35)37-28)14-23(32)25(17(3)31)30-26(34)22-12-8-11-21(29-22)19-9-6-5-7-10-19/h5-12,16-18,20,25,31H,13-15H2,1-4H3,(H,30,34)/t17-,18+,20-,25+,28?/m1/s1. The summed E-state index contributed by atoms with van der Waals surface area (Å²) in [4.78, 5) is 55.7. The number of rotatable bonds is 10. The van der Waals surface area contributed by atoms with Crippen LogP contribution in [-0.4, -0.2) is 65.3 Å². The van der Waals surface area contributed by atoms with Crippen LogP contribution in [0.15, 0.2) is 48.5 Å². The zero-order valence-electron chi connectivity index (χ0n) is 22.0. The summed E-state index contributed by atoms with van der Waals surface area (Å²) in [5, 5.41) is 13.1. The fraction of sp³-hybridized carbons (Fsp3) is 0.444. The quantitative estimate of drug-likeness (QED) is 0.358. The van der Waals surface area contributed by atoms with Gasteiger partial charge in [-0.05, 0) is 31.4 Å². The number of benzene rings is 1. The Hall–Kier alpha value is -3.57. The molecule has 11 heteroatoms. The molecule has 2 N–H and O–H groups in total. The van der Waals surface area contributed by atoms with Gasteiger partial charge in [-0.2, -0.15) is 0 Å². The molecule has 0 bridgehead atoms. The number of amides is 1. The summed E-state index contributed by atoms with van der Waals surface area (Å²) in [7, 11) is 0. The smallest absolute Gasteiger partial charge is 0.580 e. The molecule has 202 valence electrons. The summed E-state index contributed by atoms with van der Waals surface area (Å²) in [5.41, 5.74) is 1.52. The van der Waals surface area contributed by atoms with E-state index in [2.05, 4.69) is 14.6 Å². The van der Waals surface area contributed by atoms with Crippen molar-refractivity contribution in [1.29, 1.82) is 0 Å². The topological polar surface area (TPSA) is 135 Å². The highest BCUT2D eigenvalue weighted by Crippen LogP contribution is 2.47. The van der Waals surface area contributed by atoms with Gasteiger partial charge in [-0.1, -0.05) is 56.7 Å². The Morgan fingerprint density at radius 1 is 1.11 bits per heavy atom. The highest BCUT2D eigenvalue weighted by Gasteiger charge is 2.69. The second-order valence-electron chi connectivity index (χ2n) is 10.4. The number of nitrogens with zero attached hydrogens (tertiary/aromatic N) is 1. The number of aromatic nitrogens is 1. The molecule has 0 aliphatic carbocycles. The molecule has 38 heavy (non-hydrogen) atoms. The molecule has 1 aromatic heterocycles. The number of hydrogen-bond donors (Lipinski definition) is 2. The van der Waals surface area contributed by atoms with E-state index in [1.165, 1.54) is 13.0 Å². The molecule has 5 atom stereocenters. The molecule has 2 aromatic rings. The van der Waals surface area contributed by atoms with Crippen LogP contribution in [0.4, 0.5) is 0 Å². The number of nitrogens with one attached hydrogen (secondary N) is 1. The number of fused-ring (bicyclic) bond motifs is 1.